The van der Waals surface area contributed by atoms with Crippen LogP contribution in [0.2, 0.25) is 0 Å². The first-order valence-electron chi connectivity index (χ1n) is 9.43. The van der Waals surface area contributed by atoms with Crippen LogP contribution in [0.15, 0.2) is 67.0 Å². The van der Waals surface area contributed by atoms with Gasteiger partial charge in [0.05, 0.1) is 11.3 Å². The standard InChI is InChI=1S/C23H21FN4O/c1-15-13-17(8-9-20(15)26-12-10-16-5-2-3-11-25-16)27-14-18-22-19(24)6-4-7-21(22)28-23(18)29/h2-9,11,13-14,26-27H,10,12H2,1H3,(H,28,29)/b18-14+. The lowest BCUT2D eigenvalue weighted by Gasteiger charge is -2.11. The topological polar surface area (TPSA) is 66.1 Å². The van der Waals surface area contributed by atoms with E-state index in [4.69, 9.17) is 0 Å². The lowest BCUT2D eigenvalue weighted by Crippen LogP contribution is -2.07. The number of carbonyl (C=O) groups excluding carboxylic acids is 1. The van der Waals surface area contributed by atoms with Gasteiger partial charge in [-0.15, -0.1) is 0 Å². The van der Waals surface area contributed by atoms with Crippen LogP contribution in [0.3, 0.4) is 0 Å². The van der Waals surface area contributed by atoms with Gasteiger partial charge in [-0.25, -0.2) is 4.39 Å². The Morgan fingerprint density at radius 1 is 1.14 bits per heavy atom. The molecule has 4 rings (SSSR count). The molecule has 0 unspecified atom stereocenters. The fourth-order valence-corrected chi connectivity index (χ4v) is 3.32. The Hall–Kier alpha value is -3.67. The fourth-order valence-electron chi connectivity index (χ4n) is 3.32. The summed E-state index contributed by atoms with van der Waals surface area (Å²) < 4.78 is 14.1. The molecule has 3 N–H and O–H groups in total. The number of nitrogens with one attached hydrogen (secondary N) is 3. The maximum Gasteiger partial charge on any atom is 0.257 e. The molecular weight excluding hydrogens is 367 g/mol. The van der Waals surface area contributed by atoms with Gasteiger partial charge < -0.3 is 16.0 Å². The van der Waals surface area contributed by atoms with Crippen molar-refractivity contribution in [1.82, 2.24) is 4.98 Å². The first kappa shape index (κ1) is 18.7. The van der Waals surface area contributed by atoms with Crippen molar-refractivity contribution in [3.63, 3.8) is 0 Å². The molecule has 0 aliphatic carbocycles. The van der Waals surface area contributed by atoms with Crippen molar-refractivity contribution in [2.24, 2.45) is 0 Å². The molecular formula is C23H21FN4O. The van der Waals surface area contributed by atoms with Gasteiger partial charge in [0, 0.05) is 48.0 Å². The summed E-state index contributed by atoms with van der Waals surface area (Å²) in [7, 11) is 0. The Labute approximate surface area is 168 Å². The summed E-state index contributed by atoms with van der Waals surface area (Å²) in [6.07, 6.45) is 4.18. The zero-order valence-electron chi connectivity index (χ0n) is 16.0. The summed E-state index contributed by atoms with van der Waals surface area (Å²) in [4.78, 5) is 16.5. The number of fused-ring (bicyclic) bond motifs is 1. The Kier molecular flexibility index (Phi) is 5.24. The zero-order chi connectivity index (χ0) is 20.2. The number of halogens is 1. The predicted molar refractivity (Wildman–Crippen MR) is 114 cm³/mol. The van der Waals surface area contributed by atoms with Crippen LogP contribution in [0.1, 0.15) is 16.8 Å². The third kappa shape index (κ3) is 4.11. The number of pyridine rings is 1. The number of anilines is 3. The second-order valence-corrected chi connectivity index (χ2v) is 6.85. The average molecular weight is 388 g/mol. The van der Waals surface area contributed by atoms with E-state index in [0.29, 0.717) is 11.3 Å². The highest BCUT2D eigenvalue weighted by molar-refractivity contribution is 6.31. The van der Waals surface area contributed by atoms with Gasteiger partial charge in [0.2, 0.25) is 0 Å². The largest absolute Gasteiger partial charge is 0.384 e. The van der Waals surface area contributed by atoms with Crippen LogP contribution in [0, 0.1) is 12.7 Å². The number of benzene rings is 2. The SMILES string of the molecule is Cc1cc(N/C=C2/C(=O)Nc3cccc(F)c32)ccc1NCCc1ccccn1. The lowest BCUT2D eigenvalue weighted by molar-refractivity contribution is -0.110. The molecule has 0 saturated carbocycles. The predicted octanol–water partition coefficient (Wildman–Crippen LogP) is 4.59. The number of carbonyl (C=O) groups is 1. The molecule has 0 atom stereocenters. The van der Waals surface area contributed by atoms with Crippen LogP contribution in [0.5, 0.6) is 0 Å². The van der Waals surface area contributed by atoms with Crippen LogP contribution >= 0.6 is 0 Å². The summed E-state index contributed by atoms with van der Waals surface area (Å²) in [5, 5.41) is 9.20. The molecule has 0 radical (unpaired) electrons. The van der Waals surface area contributed by atoms with Crippen molar-refractivity contribution in [3.05, 3.63) is 89.6 Å². The van der Waals surface area contributed by atoms with Crippen molar-refractivity contribution in [1.29, 1.82) is 0 Å². The molecule has 1 aromatic heterocycles. The minimum absolute atomic E-state index is 0.285. The van der Waals surface area contributed by atoms with Crippen LogP contribution in [-0.2, 0) is 11.2 Å². The minimum atomic E-state index is -0.419. The second-order valence-electron chi connectivity index (χ2n) is 6.85. The molecule has 1 aliphatic rings. The molecule has 2 heterocycles. The van der Waals surface area contributed by atoms with Gasteiger partial charge >= 0.3 is 0 Å². The Morgan fingerprint density at radius 2 is 2.03 bits per heavy atom. The second kappa shape index (κ2) is 8.14. The number of aryl methyl sites for hydroxylation is 1. The van der Waals surface area contributed by atoms with Gasteiger partial charge in [-0.3, -0.25) is 9.78 Å². The number of rotatable bonds is 6. The van der Waals surface area contributed by atoms with E-state index in [1.807, 2.05) is 43.3 Å². The highest BCUT2D eigenvalue weighted by Gasteiger charge is 2.27. The summed E-state index contributed by atoms with van der Waals surface area (Å²) in [5.74, 6) is -0.736. The monoisotopic (exact) mass is 388 g/mol. The molecule has 146 valence electrons. The van der Waals surface area contributed by atoms with Crippen molar-refractivity contribution in [2.45, 2.75) is 13.3 Å². The number of aromatic nitrogens is 1. The molecule has 1 amide bonds. The van der Waals surface area contributed by atoms with Crippen molar-refractivity contribution >= 4 is 28.5 Å². The molecule has 0 spiro atoms. The quantitative estimate of drug-likeness (QED) is 0.541. The molecule has 0 fully saturated rings. The smallest absolute Gasteiger partial charge is 0.257 e. The molecule has 5 nitrogen and oxygen atoms in total. The lowest BCUT2D eigenvalue weighted by atomic mass is 10.1. The molecule has 1 aliphatic heterocycles. The van der Waals surface area contributed by atoms with Gasteiger partial charge in [0.1, 0.15) is 5.82 Å². The number of amides is 1. The molecule has 0 saturated heterocycles. The maximum absolute atomic E-state index is 14.1. The van der Waals surface area contributed by atoms with Gasteiger partial charge in [-0.05, 0) is 55.0 Å². The van der Waals surface area contributed by atoms with Crippen molar-refractivity contribution in [2.75, 3.05) is 22.5 Å². The van der Waals surface area contributed by atoms with Crippen LogP contribution in [0.4, 0.5) is 21.5 Å². The third-order valence-electron chi connectivity index (χ3n) is 4.81. The highest BCUT2D eigenvalue weighted by Crippen LogP contribution is 2.33. The van der Waals surface area contributed by atoms with Gasteiger partial charge in [0.15, 0.2) is 0 Å². The number of nitrogens with zero attached hydrogens (tertiary/aromatic N) is 1. The van der Waals surface area contributed by atoms with E-state index < -0.39 is 5.82 Å². The van der Waals surface area contributed by atoms with Crippen molar-refractivity contribution < 1.29 is 9.18 Å². The molecule has 2 aromatic carbocycles. The van der Waals surface area contributed by atoms with Crippen molar-refractivity contribution in [3.8, 4) is 0 Å². The van der Waals surface area contributed by atoms with Crippen LogP contribution in [-0.4, -0.2) is 17.4 Å². The highest BCUT2D eigenvalue weighted by atomic mass is 19.1. The van der Waals surface area contributed by atoms with E-state index in [1.54, 1.807) is 24.5 Å². The Balaban J connectivity index is 1.43. The zero-order valence-corrected chi connectivity index (χ0v) is 16.0. The molecule has 0 bridgehead atoms. The molecule has 29 heavy (non-hydrogen) atoms. The average Bonchev–Trinajstić information content (AvgIpc) is 3.05. The van der Waals surface area contributed by atoms with E-state index in [0.717, 1.165) is 35.6 Å². The summed E-state index contributed by atoms with van der Waals surface area (Å²) in [5.41, 5.74) is 5.05. The van der Waals surface area contributed by atoms with Crippen LogP contribution in [0.25, 0.3) is 5.57 Å². The molecule has 6 heteroatoms. The maximum atomic E-state index is 14.1. The normalized spacial score (nSPS) is 13.9. The minimum Gasteiger partial charge on any atom is -0.384 e. The van der Waals surface area contributed by atoms with E-state index in [9.17, 15) is 9.18 Å². The van der Waals surface area contributed by atoms with Gasteiger partial charge in [0.25, 0.3) is 5.91 Å². The summed E-state index contributed by atoms with van der Waals surface area (Å²) in [6, 6.07) is 16.4. The fraction of sp³-hybridized carbons (Fsp3) is 0.130. The first-order chi connectivity index (χ1) is 14.1. The third-order valence-corrected chi connectivity index (χ3v) is 4.81. The summed E-state index contributed by atoms with van der Waals surface area (Å²) >= 11 is 0. The van der Waals surface area contributed by atoms with Gasteiger partial charge in [-0.1, -0.05) is 12.1 Å². The van der Waals surface area contributed by atoms with E-state index in [-0.39, 0.29) is 11.5 Å². The van der Waals surface area contributed by atoms with E-state index in [2.05, 4.69) is 20.9 Å². The van der Waals surface area contributed by atoms with Crippen LogP contribution < -0.4 is 16.0 Å². The first-order valence-corrected chi connectivity index (χ1v) is 9.43. The van der Waals surface area contributed by atoms with E-state index >= 15 is 0 Å². The summed E-state index contributed by atoms with van der Waals surface area (Å²) in [6.45, 7) is 2.80. The Morgan fingerprint density at radius 3 is 2.83 bits per heavy atom. The molecule has 3 aromatic rings. The van der Waals surface area contributed by atoms with E-state index in [1.165, 1.54) is 6.07 Å². The number of hydrogen-bond donors (Lipinski definition) is 3. The number of hydrogen-bond acceptors (Lipinski definition) is 4. The Bertz CT molecular complexity index is 1080. The van der Waals surface area contributed by atoms with Gasteiger partial charge in [-0.2, -0.15) is 0 Å².